The standard InChI is InChI=1S/C26H25N3O2S/c1-3-11-28-25(31)26(10-13-29(18-26)24(30)22-14-19(2)32-17-22)15-20-7-4-5-9-23(20)21-8-6-12-27-16-21/h1,4-9,12,14,16-17H,10-11,13,15,18H2,2H3,(H,28,31)/t26-/m1/s1. The first-order valence-corrected chi connectivity index (χ1v) is 11.4. The van der Waals surface area contributed by atoms with Crippen LogP contribution in [0.15, 0.2) is 60.2 Å². The second-order valence-electron chi connectivity index (χ2n) is 8.17. The number of aryl methyl sites for hydroxylation is 1. The Kier molecular flexibility index (Phi) is 6.38. The van der Waals surface area contributed by atoms with E-state index in [0.717, 1.165) is 21.6 Å². The van der Waals surface area contributed by atoms with Crippen LogP contribution < -0.4 is 5.32 Å². The minimum absolute atomic E-state index is 0.0264. The Morgan fingerprint density at radius 1 is 1.28 bits per heavy atom. The zero-order chi connectivity index (χ0) is 22.6. The quantitative estimate of drug-likeness (QED) is 0.587. The number of pyridine rings is 1. The first kappa shape index (κ1) is 21.8. The Hall–Kier alpha value is -3.43. The third-order valence-corrected chi connectivity index (χ3v) is 6.83. The molecular weight excluding hydrogens is 418 g/mol. The number of rotatable bonds is 6. The van der Waals surface area contributed by atoms with Crippen LogP contribution in [0.1, 0.15) is 27.2 Å². The maximum atomic E-state index is 13.3. The largest absolute Gasteiger partial charge is 0.345 e. The van der Waals surface area contributed by atoms with Gasteiger partial charge in [0.2, 0.25) is 5.91 Å². The van der Waals surface area contributed by atoms with E-state index in [1.165, 1.54) is 0 Å². The number of nitrogens with zero attached hydrogens (tertiary/aromatic N) is 2. The number of terminal acetylenes is 1. The van der Waals surface area contributed by atoms with Gasteiger partial charge in [-0.3, -0.25) is 14.6 Å². The average molecular weight is 444 g/mol. The topological polar surface area (TPSA) is 62.3 Å². The summed E-state index contributed by atoms with van der Waals surface area (Å²) in [5, 5.41) is 4.76. The first-order chi connectivity index (χ1) is 15.5. The smallest absolute Gasteiger partial charge is 0.254 e. The molecule has 1 N–H and O–H groups in total. The summed E-state index contributed by atoms with van der Waals surface area (Å²) < 4.78 is 0. The molecule has 0 unspecified atom stereocenters. The van der Waals surface area contributed by atoms with Gasteiger partial charge in [0, 0.05) is 41.3 Å². The van der Waals surface area contributed by atoms with Crippen LogP contribution in [-0.4, -0.2) is 41.3 Å². The minimum Gasteiger partial charge on any atom is -0.345 e. The molecule has 1 aromatic carbocycles. The molecule has 1 saturated heterocycles. The third kappa shape index (κ3) is 4.44. The van der Waals surface area contributed by atoms with Crippen LogP contribution in [0.4, 0.5) is 0 Å². The molecule has 1 fully saturated rings. The number of amides is 2. The van der Waals surface area contributed by atoms with Crippen LogP contribution in [-0.2, 0) is 11.2 Å². The lowest BCUT2D eigenvalue weighted by atomic mass is 9.78. The van der Waals surface area contributed by atoms with E-state index in [4.69, 9.17) is 6.42 Å². The number of nitrogens with one attached hydrogen (secondary N) is 1. The number of aromatic nitrogens is 1. The van der Waals surface area contributed by atoms with Crippen molar-refractivity contribution in [1.29, 1.82) is 0 Å². The van der Waals surface area contributed by atoms with Crippen molar-refractivity contribution in [1.82, 2.24) is 15.2 Å². The second kappa shape index (κ2) is 9.37. The van der Waals surface area contributed by atoms with E-state index >= 15 is 0 Å². The molecule has 0 saturated carbocycles. The van der Waals surface area contributed by atoms with Crippen LogP contribution in [0.2, 0.25) is 0 Å². The molecule has 5 nitrogen and oxygen atoms in total. The van der Waals surface area contributed by atoms with Gasteiger partial charge in [0.15, 0.2) is 0 Å². The molecule has 1 aliphatic heterocycles. The normalized spacial score (nSPS) is 17.7. The van der Waals surface area contributed by atoms with Gasteiger partial charge in [0.25, 0.3) is 5.91 Å². The highest BCUT2D eigenvalue weighted by Crippen LogP contribution is 2.38. The lowest BCUT2D eigenvalue weighted by Crippen LogP contribution is -2.45. The summed E-state index contributed by atoms with van der Waals surface area (Å²) >= 11 is 1.56. The summed E-state index contributed by atoms with van der Waals surface area (Å²) in [5.74, 6) is 2.35. The number of benzene rings is 1. The van der Waals surface area contributed by atoms with E-state index < -0.39 is 5.41 Å². The molecule has 3 aromatic rings. The Balaban J connectivity index is 1.65. The molecule has 1 aliphatic rings. The van der Waals surface area contributed by atoms with Crippen molar-refractivity contribution in [2.45, 2.75) is 19.8 Å². The highest BCUT2D eigenvalue weighted by Gasteiger charge is 2.46. The summed E-state index contributed by atoms with van der Waals surface area (Å²) in [7, 11) is 0. The van der Waals surface area contributed by atoms with Gasteiger partial charge in [-0.25, -0.2) is 0 Å². The van der Waals surface area contributed by atoms with Gasteiger partial charge in [0.1, 0.15) is 0 Å². The lowest BCUT2D eigenvalue weighted by molar-refractivity contribution is -0.130. The fourth-order valence-corrected chi connectivity index (χ4v) is 5.03. The molecular formula is C26H25N3O2S. The molecule has 32 heavy (non-hydrogen) atoms. The van der Waals surface area contributed by atoms with Crippen molar-refractivity contribution in [3.05, 3.63) is 76.2 Å². The van der Waals surface area contributed by atoms with Gasteiger partial charge in [-0.05, 0) is 43.0 Å². The second-order valence-corrected chi connectivity index (χ2v) is 9.28. The van der Waals surface area contributed by atoms with Crippen LogP contribution in [0, 0.1) is 24.7 Å². The molecule has 6 heteroatoms. The van der Waals surface area contributed by atoms with E-state index in [1.807, 2.05) is 61.0 Å². The predicted octanol–water partition coefficient (Wildman–Crippen LogP) is 3.94. The Morgan fingerprint density at radius 2 is 2.12 bits per heavy atom. The van der Waals surface area contributed by atoms with Gasteiger partial charge >= 0.3 is 0 Å². The highest BCUT2D eigenvalue weighted by atomic mass is 32.1. The zero-order valence-corrected chi connectivity index (χ0v) is 18.8. The maximum Gasteiger partial charge on any atom is 0.254 e. The van der Waals surface area contributed by atoms with Crippen LogP contribution in [0.25, 0.3) is 11.1 Å². The molecule has 0 radical (unpaired) electrons. The van der Waals surface area contributed by atoms with Gasteiger partial charge < -0.3 is 10.2 Å². The van der Waals surface area contributed by atoms with Crippen molar-refractivity contribution in [2.24, 2.45) is 5.41 Å². The monoisotopic (exact) mass is 443 g/mol. The Bertz CT molecular complexity index is 1170. The molecule has 0 bridgehead atoms. The van der Waals surface area contributed by atoms with Gasteiger partial charge in [0.05, 0.1) is 17.5 Å². The van der Waals surface area contributed by atoms with E-state index in [2.05, 4.69) is 16.2 Å². The van der Waals surface area contributed by atoms with E-state index in [0.29, 0.717) is 31.5 Å². The van der Waals surface area contributed by atoms with Crippen molar-refractivity contribution in [3.8, 4) is 23.5 Å². The summed E-state index contributed by atoms with van der Waals surface area (Å²) in [4.78, 5) is 33.6. The van der Waals surface area contributed by atoms with Crippen LogP contribution in [0.5, 0.6) is 0 Å². The van der Waals surface area contributed by atoms with Crippen LogP contribution in [0.3, 0.4) is 0 Å². The van der Waals surface area contributed by atoms with E-state index in [9.17, 15) is 9.59 Å². The van der Waals surface area contributed by atoms with Crippen molar-refractivity contribution in [3.63, 3.8) is 0 Å². The number of hydrogen-bond donors (Lipinski definition) is 1. The van der Waals surface area contributed by atoms with Crippen LogP contribution >= 0.6 is 11.3 Å². The predicted molar refractivity (Wildman–Crippen MR) is 127 cm³/mol. The maximum absolute atomic E-state index is 13.3. The minimum atomic E-state index is -0.740. The third-order valence-electron chi connectivity index (χ3n) is 5.97. The van der Waals surface area contributed by atoms with E-state index in [-0.39, 0.29) is 18.4 Å². The first-order valence-electron chi connectivity index (χ1n) is 10.6. The molecule has 0 aliphatic carbocycles. The zero-order valence-electron chi connectivity index (χ0n) is 18.0. The molecule has 0 spiro atoms. The summed E-state index contributed by atoms with van der Waals surface area (Å²) in [6.45, 7) is 3.05. The van der Waals surface area contributed by atoms with Gasteiger partial charge in [-0.1, -0.05) is 36.3 Å². The molecule has 4 rings (SSSR count). The fourth-order valence-electron chi connectivity index (χ4n) is 4.36. The summed E-state index contributed by atoms with van der Waals surface area (Å²) in [6.07, 6.45) is 10.1. The van der Waals surface area contributed by atoms with Crippen molar-refractivity contribution >= 4 is 23.2 Å². The van der Waals surface area contributed by atoms with Gasteiger partial charge in [-0.15, -0.1) is 17.8 Å². The lowest BCUT2D eigenvalue weighted by Gasteiger charge is -2.29. The molecule has 1 atom stereocenters. The number of thiophene rings is 1. The van der Waals surface area contributed by atoms with E-state index in [1.54, 1.807) is 22.4 Å². The molecule has 2 amide bonds. The fraction of sp³-hybridized carbons (Fsp3) is 0.269. The number of hydrogen-bond acceptors (Lipinski definition) is 4. The number of carbonyl (C=O) groups excluding carboxylic acids is 2. The number of likely N-dealkylation sites (tertiary alicyclic amines) is 1. The van der Waals surface area contributed by atoms with Crippen molar-refractivity contribution < 1.29 is 9.59 Å². The van der Waals surface area contributed by atoms with Gasteiger partial charge in [-0.2, -0.15) is 0 Å². The average Bonchev–Trinajstić information content (AvgIpc) is 3.45. The summed E-state index contributed by atoms with van der Waals surface area (Å²) in [6, 6.07) is 13.9. The molecule has 3 heterocycles. The van der Waals surface area contributed by atoms with Crippen molar-refractivity contribution in [2.75, 3.05) is 19.6 Å². The Morgan fingerprint density at radius 3 is 2.84 bits per heavy atom. The number of carbonyl (C=O) groups is 2. The molecule has 162 valence electrons. The highest BCUT2D eigenvalue weighted by molar-refractivity contribution is 7.10. The molecule has 2 aromatic heterocycles. The SMILES string of the molecule is C#CCNC(=O)[C@@]1(Cc2ccccc2-c2cccnc2)CCN(C(=O)c2csc(C)c2)C1. The summed E-state index contributed by atoms with van der Waals surface area (Å²) in [5.41, 5.74) is 3.04. The Labute approximate surface area is 192 Å².